The third-order valence-electron chi connectivity index (χ3n) is 2.58. The van der Waals surface area contributed by atoms with Gasteiger partial charge in [-0.05, 0) is 12.5 Å². The van der Waals surface area contributed by atoms with Crippen LogP contribution in [0.15, 0.2) is 24.3 Å². The molecule has 0 atom stereocenters. The van der Waals surface area contributed by atoms with Gasteiger partial charge in [-0.15, -0.1) is 0 Å². The highest BCUT2D eigenvalue weighted by Gasteiger charge is 2.25. The number of carbonyl (C=O) groups is 1. The van der Waals surface area contributed by atoms with Crippen LogP contribution < -0.4 is 0 Å². The molecule has 1 N–H and O–H groups in total. The van der Waals surface area contributed by atoms with Crippen molar-refractivity contribution in [3.05, 3.63) is 35.4 Å². The normalized spacial score (nSPS) is 13.8. The highest BCUT2D eigenvalue weighted by molar-refractivity contribution is 6.01. The average Bonchev–Trinajstić information content (AvgIpc) is 2.57. The van der Waals surface area contributed by atoms with Crippen LogP contribution in [-0.2, 0) is 16.1 Å². The number of hydrogen-bond acceptors (Lipinski definition) is 3. The topological polar surface area (TPSA) is 53.4 Å². The van der Waals surface area contributed by atoms with Crippen molar-refractivity contribution in [2.24, 2.45) is 0 Å². The molecule has 0 fully saturated rings. The Balaban J connectivity index is 2.07. The van der Waals surface area contributed by atoms with Gasteiger partial charge in [0.2, 0.25) is 0 Å². The van der Waals surface area contributed by atoms with Gasteiger partial charge >= 0.3 is 5.97 Å². The van der Waals surface area contributed by atoms with Gasteiger partial charge in [-0.1, -0.05) is 24.3 Å². The monoisotopic (exact) mass is 218 g/mol. The zero-order valence-corrected chi connectivity index (χ0v) is 9.19. The molecule has 1 aromatic rings. The summed E-state index contributed by atoms with van der Waals surface area (Å²) in [7, 11) is 0. The molecule has 0 amide bonds. The van der Waals surface area contributed by atoms with E-state index < -0.39 is 0 Å². The molecule has 0 saturated heterocycles. The SMILES string of the molecule is CCOC(=O)CN1Cc2ccccc2C1=N. The molecule has 1 aromatic carbocycles. The molecule has 0 bridgehead atoms. The lowest BCUT2D eigenvalue weighted by atomic mass is 10.1. The largest absolute Gasteiger partial charge is 0.465 e. The van der Waals surface area contributed by atoms with Gasteiger partial charge < -0.3 is 9.64 Å². The predicted molar refractivity (Wildman–Crippen MR) is 60.3 cm³/mol. The van der Waals surface area contributed by atoms with Crippen LogP contribution in [0.25, 0.3) is 0 Å². The van der Waals surface area contributed by atoms with Gasteiger partial charge in [0.05, 0.1) is 6.61 Å². The molecular formula is C12H14N2O2. The van der Waals surface area contributed by atoms with Gasteiger partial charge in [0.25, 0.3) is 0 Å². The maximum atomic E-state index is 11.3. The summed E-state index contributed by atoms with van der Waals surface area (Å²) in [4.78, 5) is 13.1. The minimum Gasteiger partial charge on any atom is -0.465 e. The van der Waals surface area contributed by atoms with Crippen LogP contribution in [0.4, 0.5) is 0 Å². The summed E-state index contributed by atoms with van der Waals surface area (Å²) in [5.41, 5.74) is 2.00. The zero-order valence-electron chi connectivity index (χ0n) is 9.19. The second-order valence-corrected chi connectivity index (χ2v) is 3.67. The summed E-state index contributed by atoms with van der Waals surface area (Å²) in [6.45, 7) is 2.93. The Kier molecular flexibility index (Phi) is 2.90. The molecule has 16 heavy (non-hydrogen) atoms. The highest BCUT2D eigenvalue weighted by atomic mass is 16.5. The van der Waals surface area contributed by atoms with Crippen LogP contribution in [0.5, 0.6) is 0 Å². The third kappa shape index (κ3) is 1.91. The fraction of sp³-hybridized carbons (Fsp3) is 0.333. The molecule has 0 aromatic heterocycles. The molecule has 84 valence electrons. The first kappa shape index (κ1) is 10.7. The molecule has 1 heterocycles. The van der Waals surface area contributed by atoms with E-state index in [2.05, 4.69) is 0 Å². The third-order valence-corrected chi connectivity index (χ3v) is 2.58. The maximum Gasteiger partial charge on any atom is 0.325 e. The van der Waals surface area contributed by atoms with Crippen LogP contribution in [0.3, 0.4) is 0 Å². The van der Waals surface area contributed by atoms with E-state index in [0.29, 0.717) is 19.0 Å². The summed E-state index contributed by atoms with van der Waals surface area (Å²) in [6, 6.07) is 7.74. The standard InChI is InChI=1S/C12H14N2O2/c1-2-16-11(15)8-14-7-9-5-3-4-6-10(9)12(14)13/h3-6,13H,2,7-8H2,1H3. The molecule has 2 rings (SSSR count). The summed E-state index contributed by atoms with van der Waals surface area (Å²) < 4.78 is 4.87. The van der Waals surface area contributed by atoms with E-state index in [1.807, 2.05) is 24.3 Å². The first-order chi connectivity index (χ1) is 7.72. The van der Waals surface area contributed by atoms with Gasteiger partial charge in [0.15, 0.2) is 0 Å². The number of rotatable bonds is 3. The van der Waals surface area contributed by atoms with Crippen LogP contribution in [-0.4, -0.2) is 29.9 Å². The van der Waals surface area contributed by atoms with E-state index in [4.69, 9.17) is 10.1 Å². The van der Waals surface area contributed by atoms with Crippen LogP contribution in [0.2, 0.25) is 0 Å². The molecule has 0 saturated carbocycles. The summed E-state index contributed by atoms with van der Waals surface area (Å²) >= 11 is 0. The summed E-state index contributed by atoms with van der Waals surface area (Å²) in [6.07, 6.45) is 0. The van der Waals surface area contributed by atoms with Crippen molar-refractivity contribution in [2.45, 2.75) is 13.5 Å². The number of fused-ring (bicyclic) bond motifs is 1. The molecule has 0 radical (unpaired) electrons. The Morgan fingerprint density at radius 3 is 2.94 bits per heavy atom. The van der Waals surface area contributed by atoms with Crippen molar-refractivity contribution in [3.8, 4) is 0 Å². The number of carbonyl (C=O) groups excluding carboxylic acids is 1. The fourth-order valence-electron chi connectivity index (χ4n) is 1.84. The van der Waals surface area contributed by atoms with Crippen molar-refractivity contribution in [2.75, 3.05) is 13.2 Å². The molecular weight excluding hydrogens is 204 g/mol. The average molecular weight is 218 g/mol. The Bertz CT molecular complexity index is 429. The van der Waals surface area contributed by atoms with Crippen LogP contribution >= 0.6 is 0 Å². The molecule has 4 nitrogen and oxygen atoms in total. The molecule has 1 aliphatic heterocycles. The highest BCUT2D eigenvalue weighted by Crippen LogP contribution is 2.21. The van der Waals surface area contributed by atoms with Gasteiger partial charge in [-0.3, -0.25) is 10.2 Å². The van der Waals surface area contributed by atoms with E-state index in [1.165, 1.54) is 0 Å². The number of esters is 1. The van der Waals surface area contributed by atoms with E-state index >= 15 is 0 Å². The minimum atomic E-state index is -0.278. The van der Waals surface area contributed by atoms with Crippen molar-refractivity contribution in [1.29, 1.82) is 5.41 Å². The zero-order chi connectivity index (χ0) is 11.5. The van der Waals surface area contributed by atoms with Gasteiger partial charge in [-0.2, -0.15) is 0 Å². The number of amidine groups is 1. The second kappa shape index (κ2) is 4.35. The second-order valence-electron chi connectivity index (χ2n) is 3.67. The number of benzene rings is 1. The number of nitrogens with zero attached hydrogens (tertiary/aromatic N) is 1. The van der Waals surface area contributed by atoms with Gasteiger partial charge in [0.1, 0.15) is 12.4 Å². The lowest BCUT2D eigenvalue weighted by Gasteiger charge is -2.16. The molecule has 1 aliphatic rings. The van der Waals surface area contributed by atoms with Crippen molar-refractivity contribution >= 4 is 11.8 Å². The van der Waals surface area contributed by atoms with Gasteiger partial charge in [0, 0.05) is 12.1 Å². The number of hydrogen-bond donors (Lipinski definition) is 1. The maximum absolute atomic E-state index is 11.3. The van der Waals surface area contributed by atoms with Crippen LogP contribution in [0.1, 0.15) is 18.1 Å². The predicted octanol–water partition coefficient (Wildman–Crippen LogP) is 1.39. The number of ether oxygens (including phenoxy) is 1. The van der Waals surface area contributed by atoms with E-state index in [9.17, 15) is 4.79 Å². The molecule has 4 heteroatoms. The molecule has 0 aliphatic carbocycles. The minimum absolute atomic E-state index is 0.154. The number of nitrogens with one attached hydrogen (secondary N) is 1. The Morgan fingerprint density at radius 1 is 1.50 bits per heavy atom. The quantitative estimate of drug-likeness (QED) is 0.780. The van der Waals surface area contributed by atoms with Crippen LogP contribution in [0, 0.1) is 5.41 Å². The smallest absolute Gasteiger partial charge is 0.325 e. The Labute approximate surface area is 94.3 Å². The first-order valence-corrected chi connectivity index (χ1v) is 5.29. The van der Waals surface area contributed by atoms with Gasteiger partial charge in [-0.25, -0.2) is 0 Å². The first-order valence-electron chi connectivity index (χ1n) is 5.29. The lowest BCUT2D eigenvalue weighted by molar-refractivity contribution is -0.143. The summed E-state index contributed by atoms with van der Waals surface area (Å²) in [5.74, 6) is 0.128. The van der Waals surface area contributed by atoms with Crippen molar-refractivity contribution in [3.63, 3.8) is 0 Å². The fourth-order valence-corrected chi connectivity index (χ4v) is 1.84. The Morgan fingerprint density at radius 2 is 2.25 bits per heavy atom. The Hall–Kier alpha value is -1.84. The molecule has 0 spiro atoms. The van der Waals surface area contributed by atoms with Crippen molar-refractivity contribution in [1.82, 2.24) is 4.90 Å². The van der Waals surface area contributed by atoms with E-state index in [0.717, 1.165) is 11.1 Å². The van der Waals surface area contributed by atoms with Crippen molar-refractivity contribution < 1.29 is 9.53 Å². The van der Waals surface area contributed by atoms with E-state index in [1.54, 1.807) is 11.8 Å². The lowest BCUT2D eigenvalue weighted by Crippen LogP contribution is -2.31. The summed E-state index contributed by atoms with van der Waals surface area (Å²) in [5, 5.41) is 7.93. The van der Waals surface area contributed by atoms with E-state index in [-0.39, 0.29) is 12.5 Å². The molecule has 0 unspecified atom stereocenters.